The van der Waals surface area contributed by atoms with Crippen LogP contribution in [0.15, 0.2) is 35.7 Å². The molecule has 0 aliphatic carbocycles. The smallest absolute Gasteiger partial charge is 0.0949 e. The Kier molecular flexibility index (Phi) is 5.01. The molecule has 0 amide bonds. The van der Waals surface area contributed by atoms with Crippen molar-refractivity contribution in [2.75, 3.05) is 13.7 Å². The summed E-state index contributed by atoms with van der Waals surface area (Å²) < 4.78 is 5.91. The van der Waals surface area contributed by atoms with Gasteiger partial charge in [0.05, 0.1) is 16.8 Å². The van der Waals surface area contributed by atoms with Gasteiger partial charge in [0.25, 0.3) is 0 Å². The quantitative estimate of drug-likeness (QED) is 0.918. The number of nitrogens with zero attached hydrogens (tertiary/aromatic N) is 1. The summed E-state index contributed by atoms with van der Waals surface area (Å²) in [5.74, 6) is 0. The molecule has 2 atom stereocenters. The van der Waals surface area contributed by atoms with Crippen molar-refractivity contribution in [1.29, 1.82) is 0 Å². The molecule has 3 rings (SSSR count). The molecule has 21 heavy (non-hydrogen) atoms. The molecule has 1 aliphatic rings. The lowest BCUT2D eigenvalue weighted by Gasteiger charge is -2.29. The molecule has 112 valence electrons. The minimum absolute atomic E-state index is 0.327. The second-order valence-corrected chi connectivity index (χ2v) is 6.44. The van der Waals surface area contributed by atoms with Gasteiger partial charge in [-0.1, -0.05) is 30.3 Å². The van der Waals surface area contributed by atoms with Crippen molar-refractivity contribution < 1.29 is 4.74 Å². The largest absolute Gasteiger partial charge is 0.377 e. The number of nitrogens with one attached hydrogen (secondary N) is 1. The molecular formula is C17H22N2OS. The normalized spacial score (nSPS) is 20.3. The molecule has 0 saturated carbocycles. The van der Waals surface area contributed by atoms with Crippen molar-refractivity contribution in [2.24, 2.45) is 0 Å². The highest BCUT2D eigenvalue weighted by Crippen LogP contribution is 2.24. The molecule has 1 aliphatic heterocycles. The lowest BCUT2D eigenvalue weighted by Crippen LogP contribution is -2.42. The van der Waals surface area contributed by atoms with Gasteiger partial charge in [-0.25, -0.2) is 4.98 Å². The van der Waals surface area contributed by atoms with Crippen molar-refractivity contribution in [1.82, 2.24) is 10.3 Å². The van der Waals surface area contributed by atoms with Crippen LogP contribution in [0.25, 0.3) is 11.3 Å². The summed E-state index contributed by atoms with van der Waals surface area (Å²) in [6, 6.07) is 10.7. The van der Waals surface area contributed by atoms with Crippen LogP contribution in [0.5, 0.6) is 0 Å². The maximum Gasteiger partial charge on any atom is 0.0949 e. The van der Waals surface area contributed by atoms with E-state index in [2.05, 4.69) is 35.0 Å². The minimum Gasteiger partial charge on any atom is -0.377 e. The van der Waals surface area contributed by atoms with Gasteiger partial charge in [0, 0.05) is 30.0 Å². The van der Waals surface area contributed by atoms with Crippen LogP contribution < -0.4 is 5.32 Å². The Morgan fingerprint density at radius 1 is 1.33 bits per heavy atom. The van der Waals surface area contributed by atoms with Crippen LogP contribution in [0.1, 0.15) is 24.3 Å². The highest BCUT2D eigenvalue weighted by Gasteiger charge is 2.24. The van der Waals surface area contributed by atoms with E-state index in [-0.39, 0.29) is 0 Å². The third-order valence-corrected chi connectivity index (χ3v) is 4.92. The van der Waals surface area contributed by atoms with E-state index in [9.17, 15) is 0 Å². The highest BCUT2D eigenvalue weighted by molar-refractivity contribution is 7.09. The van der Waals surface area contributed by atoms with Crippen molar-refractivity contribution in [2.45, 2.75) is 37.8 Å². The van der Waals surface area contributed by atoms with Gasteiger partial charge in [-0.15, -0.1) is 11.3 Å². The predicted octanol–water partition coefficient (Wildman–Crippen LogP) is 3.51. The highest BCUT2D eigenvalue weighted by atomic mass is 32.1. The van der Waals surface area contributed by atoms with Crippen molar-refractivity contribution in [3.05, 3.63) is 40.7 Å². The summed E-state index contributed by atoms with van der Waals surface area (Å²) in [6.07, 6.45) is 4.90. The summed E-state index contributed by atoms with van der Waals surface area (Å²) in [5, 5.41) is 6.75. The molecule has 1 fully saturated rings. The maximum absolute atomic E-state index is 5.91. The fourth-order valence-electron chi connectivity index (χ4n) is 2.84. The lowest BCUT2D eigenvalue weighted by atomic mass is 10.00. The van der Waals surface area contributed by atoms with Crippen LogP contribution in [0.3, 0.4) is 0 Å². The molecule has 0 radical (unpaired) electrons. The molecule has 1 N–H and O–H groups in total. The average molecular weight is 302 g/mol. The van der Waals surface area contributed by atoms with E-state index in [0.717, 1.165) is 25.1 Å². The van der Waals surface area contributed by atoms with E-state index in [1.807, 2.05) is 13.1 Å². The second-order valence-electron chi connectivity index (χ2n) is 5.50. The van der Waals surface area contributed by atoms with Crippen LogP contribution in [0.2, 0.25) is 0 Å². The topological polar surface area (TPSA) is 34.2 Å². The van der Waals surface area contributed by atoms with Crippen LogP contribution in [-0.4, -0.2) is 30.8 Å². The van der Waals surface area contributed by atoms with E-state index in [1.165, 1.54) is 23.4 Å². The predicted molar refractivity (Wildman–Crippen MR) is 87.7 cm³/mol. The Balaban J connectivity index is 1.68. The third-order valence-electron chi connectivity index (χ3n) is 4.05. The first-order valence-electron chi connectivity index (χ1n) is 7.65. The molecule has 2 heterocycles. The number of hydrogen-bond donors (Lipinski definition) is 1. The van der Waals surface area contributed by atoms with E-state index in [1.54, 1.807) is 11.3 Å². The monoisotopic (exact) mass is 302 g/mol. The number of thiazole rings is 1. The summed E-state index contributed by atoms with van der Waals surface area (Å²) in [7, 11) is 2.02. The Labute approximate surface area is 130 Å². The SMILES string of the molecule is CNC(Cc1nc(-c2ccccc2)cs1)C1CCCCO1. The minimum atomic E-state index is 0.327. The second kappa shape index (κ2) is 7.16. The molecule has 3 nitrogen and oxygen atoms in total. The van der Waals surface area contributed by atoms with Gasteiger partial charge in [0.15, 0.2) is 0 Å². The molecule has 2 unspecified atom stereocenters. The molecule has 1 saturated heterocycles. The number of hydrogen-bond acceptors (Lipinski definition) is 4. The fourth-order valence-corrected chi connectivity index (χ4v) is 3.70. The van der Waals surface area contributed by atoms with Crippen molar-refractivity contribution in [3.8, 4) is 11.3 Å². The maximum atomic E-state index is 5.91. The van der Waals surface area contributed by atoms with Crippen LogP contribution >= 0.6 is 11.3 Å². The number of likely N-dealkylation sites (N-methyl/N-ethyl adjacent to an activating group) is 1. The van der Waals surface area contributed by atoms with Gasteiger partial charge in [0.1, 0.15) is 0 Å². The summed E-state index contributed by atoms with van der Waals surface area (Å²) >= 11 is 1.75. The van der Waals surface area contributed by atoms with Crippen LogP contribution in [0.4, 0.5) is 0 Å². The number of benzene rings is 1. The van der Waals surface area contributed by atoms with Gasteiger partial charge in [0.2, 0.25) is 0 Å². The third kappa shape index (κ3) is 3.70. The molecule has 0 spiro atoms. The zero-order chi connectivity index (χ0) is 14.5. The zero-order valence-corrected chi connectivity index (χ0v) is 13.2. The van der Waals surface area contributed by atoms with E-state index in [0.29, 0.717) is 12.1 Å². The van der Waals surface area contributed by atoms with Gasteiger partial charge in [-0.3, -0.25) is 0 Å². The molecule has 1 aromatic heterocycles. The number of aromatic nitrogens is 1. The summed E-state index contributed by atoms with van der Waals surface area (Å²) in [4.78, 5) is 4.79. The molecule has 0 bridgehead atoms. The lowest BCUT2D eigenvalue weighted by molar-refractivity contribution is -0.00587. The number of ether oxygens (including phenoxy) is 1. The molecule has 2 aromatic rings. The molecule has 4 heteroatoms. The Morgan fingerprint density at radius 2 is 2.19 bits per heavy atom. The average Bonchev–Trinajstić information content (AvgIpc) is 3.03. The number of rotatable bonds is 5. The Morgan fingerprint density at radius 3 is 2.90 bits per heavy atom. The van der Waals surface area contributed by atoms with Gasteiger partial charge in [-0.2, -0.15) is 0 Å². The van der Waals surface area contributed by atoms with E-state index in [4.69, 9.17) is 9.72 Å². The van der Waals surface area contributed by atoms with Crippen LogP contribution in [0, 0.1) is 0 Å². The zero-order valence-electron chi connectivity index (χ0n) is 12.4. The van der Waals surface area contributed by atoms with Crippen molar-refractivity contribution >= 4 is 11.3 Å². The summed E-state index contributed by atoms with van der Waals surface area (Å²) in [6.45, 7) is 0.899. The summed E-state index contributed by atoms with van der Waals surface area (Å²) in [5.41, 5.74) is 2.27. The fraction of sp³-hybridized carbons (Fsp3) is 0.471. The van der Waals surface area contributed by atoms with Crippen LogP contribution in [-0.2, 0) is 11.2 Å². The standard InChI is InChI=1S/C17H22N2OS/c1-18-14(16-9-5-6-10-20-16)11-17-19-15(12-21-17)13-7-3-2-4-8-13/h2-4,7-8,12,14,16,18H,5-6,9-11H2,1H3. The van der Waals surface area contributed by atoms with Gasteiger partial charge in [-0.05, 0) is 26.3 Å². The van der Waals surface area contributed by atoms with Gasteiger partial charge >= 0.3 is 0 Å². The molecule has 1 aromatic carbocycles. The van der Waals surface area contributed by atoms with E-state index >= 15 is 0 Å². The Hall–Kier alpha value is -1.23. The Bertz CT molecular complexity index is 549. The van der Waals surface area contributed by atoms with Crippen molar-refractivity contribution in [3.63, 3.8) is 0 Å². The first-order valence-corrected chi connectivity index (χ1v) is 8.53. The van der Waals surface area contributed by atoms with Gasteiger partial charge < -0.3 is 10.1 Å². The van der Waals surface area contributed by atoms with E-state index < -0.39 is 0 Å². The first-order chi connectivity index (χ1) is 10.4. The molecular weight excluding hydrogens is 280 g/mol. The first kappa shape index (κ1) is 14.7.